The predicted octanol–water partition coefficient (Wildman–Crippen LogP) is 2.10. The molecule has 1 aliphatic rings. The van der Waals surface area contributed by atoms with Crippen LogP contribution in [0.15, 0.2) is 30.3 Å². The van der Waals surface area contributed by atoms with E-state index in [1.807, 2.05) is 30.3 Å². The molecule has 1 atom stereocenters. The van der Waals surface area contributed by atoms with Crippen molar-refractivity contribution in [1.82, 2.24) is 0 Å². The van der Waals surface area contributed by atoms with Crippen molar-refractivity contribution in [3.63, 3.8) is 0 Å². The summed E-state index contributed by atoms with van der Waals surface area (Å²) in [5.74, 6) is -0.856. The molecular formula is C13H14O3. The van der Waals surface area contributed by atoms with Crippen LogP contribution in [-0.4, -0.2) is 11.9 Å². The average molecular weight is 218 g/mol. The van der Waals surface area contributed by atoms with Gasteiger partial charge in [0.25, 0.3) is 0 Å². The Morgan fingerprint density at radius 2 is 1.94 bits per heavy atom. The first-order valence-corrected chi connectivity index (χ1v) is 5.54. The van der Waals surface area contributed by atoms with Gasteiger partial charge in [0, 0.05) is 6.42 Å². The summed E-state index contributed by atoms with van der Waals surface area (Å²) < 4.78 is 4.61. The Morgan fingerprint density at radius 1 is 1.19 bits per heavy atom. The highest BCUT2D eigenvalue weighted by atomic mass is 16.6. The first kappa shape index (κ1) is 10.9. The molecular weight excluding hydrogens is 204 g/mol. The molecule has 1 aromatic rings. The van der Waals surface area contributed by atoms with Crippen LogP contribution in [0.25, 0.3) is 0 Å². The molecule has 16 heavy (non-hydrogen) atoms. The minimum Gasteiger partial charge on any atom is -0.393 e. The molecule has 0 aromatic heterocycles. The number of carbonyl (C=O) groups excluding carboxylic acids is 2. The normalized spacial score (nSPS) is 20.6. The van der Waals surface area contributed by atoms with Gasteiger partial charge in [0.2, 0.25) is 0 Å². The standard InChI is InChI=1S/C13H14O3/c14-12-9-8-11(13(15)16-12)7-6-10-4-2-1-3-5-10/h1-5,11H,6-9H2. The molecule has 0 radical (unpaired) electrons. The predicted molar refractivity (Wildman–Crippen MR) is 58.6 cm³/mol. The van der Waals surface area contributed by atoms with Crippen molar-refractivity contribution < 1.29 is 14.3 Å². The monoisotopic (exact) mass is 218 g/mol. The summed E-state index contributed by atoms with van der Waals surface area (Å²) in [6, 6.07) is 10.0. The van der Waals surface area contributed by atoms with Gasteiger partial charge in [0.15, 0.2) is 0 Å². The molecule has 84 valence electrons. The molecule has 0 N–H and O–H groups in total. The van der Waals surface area contributed by atoms with Crippen LogP contribution in [-0.2, 0) is 20.7 Å². The summed E-state index contributed by atoms with van der Waals surface area (Å²) in [5, 5.41) is 0. The highest BCUT2D eigenvalue weighted by molar-refractivity contribution is 5.89. The molecule has 2 rings (SSSR count). The van der Waals surface area contributed by atoms with Crippen molar-refractivity contribution in [3.05, 3.63) is 35.9 Å². The van der Waals surface area contributed by atoms with Crippen LogP contribution >= 0.6 is 0 Å². The van der Waals surface area contributed by atoms with Crippen molar-refractivity contribution in [2.75, 3.05) is 0 Å². The number of esters is 2. The van der Waals surface area contributed by atoms with E-state index in [0.29, 0.717) is 12.8 Å². The number of aryl methyl sites for hydroxylation is 1. The number of ether oxygens (including phenoxy) is 1. The number of cyclic esters (lactones) is 2. The number of hydrogen-bond acceptors (Lipinski definition) is 3. The van der Waals surface area contributed by atoms with E-state index in [0.717, 1.165) is 12.8 Å². The smallest absolute Gasteiger partial charge is 0.316 e. The molecule has 1 aromatic carbocycles. The number of hydrogen-bond donors (Lipinski definition) is 0. The van der Waals surface area contributed by atoms with Crippen molar-refractivity contribution in [2.45, 2.75) is 25.7 Å². The fourth-order valence-electron chi connectivity index (χ4n) is 1.90. The number of benzene rings is 1. The van der Waals surface area contributed by atoms with Gasteiger partial charge in [-0.15, -0.1) is 0 Å². The Hall–Kier alpha value is -1.64. The summed E-state index contributed by atoms with van der Waals surface area (Å²) in [6.45, 7) is 0. The van der Waals surface area contributed by atoms with E-state index in [9.17, 15) is 9.59 Å². The molecule has 1 saturated heterocycles. The molecule has 1 unspecified atom stereocenters. The zero-order valence-corrected chi connectivity index (χ0v) is 9.02. The number of rotatable bonds is 3. The van der Waals surface area contributed by atoms with Crippen LogP contribution in [0.4, 0.5) is 0 Å². The van der Waals surface area contributed by atoms with Gasteiger partial charge < -0.3 is 4.74 Å². The Kier molecular flexibility index (Phi) is 3.34. The van der Waals surface area contributed by atoms with E-state index in [1.54, 1.807) is 0 Å². The van der Waals surface area contributed by atoms with Crippen molar-refractivity contribution in [2.24, 2.45) is 5.92 Å². The number of carbonyl (C=O) groups is 2. The van der Waals surface area contributed by atoms with Gasteiger partial charge in [-0.2, -0.15) is 0 Å². The van der Waals surface area contributed by atoms with Gasteiger partial charge in [-0.25, -0.2) is 0 Å². The second-order valence-electron chi connectivity index (χ2n) is 4.05. The molecule has 3 heteroatoms. The topological polar surface area (TPSA) is 43.4 Å². The van der Waals surface area contributed by atoms with E-state index in [-0.39, 0.29) is 17.9 Å². The second-order valence-corrected chi connectivity index (χ2v) is 4.05. The maximum Gasteiger partial charge on any atom is 0.316 e. The Bertz CT molecular complexity index is 383. The molecule has 0 aliphatic carbocycles. The maximum atomic E-state index is 11.4. The second kappa shape index (κ2) is 4.92. The first-order valence-electron chi connectivity index (χ1n) is 5.54. The average Bonchev–Trinajstić information content (AvgIpc) is 2.29. The van der Waals surface area contributed by atoms with Gasteiger partial charge in [0.05, 0.1) is 5.92 Å². The van der Waals surface area contributed by atoms with Crippen molar-refractivity contribution in [3.8, 4) is 0 Å². The highest BCUT2D eigenvalue weighted by Crippen LogP contribution is 2.21. The minimum atomic E-state index is -0.388. The Balaban J connectivity index is 1.87. The fourth-order valence-corrected chi connectivity index (χ4v) is 1.90. The lowest BCUT2D eigenvalue weighted by Crippen LogP contribution is -2.28. The van der Waals surface area contributed by atoms with Gasteiger partial charge in [-0.05, 0) is 24.8 Å². The molecule has 1 heterocycles. The van der Waals surface area contributed by atoms with Crippen LogP contribution in [0.2, 0.25) is 0 Å². The summed E-state index contributed by atoms with van der Waals surface area (Å²) in [4.78, 5) is 22.2. The quantitative estimate of drug-likeness (QED) is 0.576. The van der Waals surface area contributed by atoms with E-state index in [1.165, 1.54) is 5.56 Å². The van der Waals surface area contributed by atoms with Gasteiger partial charge in [-0.3, -0.25) is 9.59 Å². The third-order valence-electron chi connectivity index (χ3n) is 2.87. The maximum absolute atomic E-state index is 11.4. The molecule has 0 saturated carbocycles. The lowest BCUT2D eigenvalue weighted by atomic mass is 9.94. The summed E-state index contributed by atoms with van der Waals surface area (Å²) in [5.41, 5.74) is 1.22. The molecule has 0 spiro atoms. The third-order valence-corrected chi connectivity index (χ3v) is 2.87. The van der Waals surface area contributed by atoms with E-state index < -0.39 is 0 Å². The molecule has 3 nitrogen and oxygen atoms in total. The van der Waals surface area contributed by atoms with Gasteiger partial charge in [0.1, 0.15) is 0 Å². The lowest BCUT2D eigenvalue weighted by molar-refractivity contribution is -0.167. The zero-order valence-electron chi connectivity index (χ0n) is 9.02. The van der Waals surface area contributed by atoms with Crippen LogP contribution in [0.1, 0.15) is 24.8 Å². The zero-order chi connectivity index (χ0) is 11.4. The van der Waals surface area contributed by atoms with E-state index in [2.05, 4.69) is 4.74 Å². The molecule has 1 fully saturated rings. The van der Waals surface area contributed by atoms with Gasteiger partial charge >= 0.3 is 11.9 Å². The summed E-state index contributed by atoms with van der Waals surface area (Å²) >= 11 is 0. The fraction of sp³-hybridized carbons (Fsp3) is 0.385. The molecule has 0 bridgehead atoms. The highest BCUT2D eigenvalue weighted by Gasteiger charge is 2.28. The van der Waals surface area contributed by atoms with Crippen LogP contribution < -0.4 is 0 Å². The van der Waals surface area contributed by atoms with Gasteiger partial charge in [-0.1, -0.05) is 30.3 Å². The summed E-state index contributed by atoms with van der Waals surface area (Å²) in [6.07, 6.45) is 2.61. The van der Waals surface area contributed by atoms with E-state index in [4.69, 9.17) is 0 Å². The van der Waals surface area contributed by atoms with Crippen LogP contribution in [0.3, 0.4) is 0 Å². The summed E-state index contributed by atoms with van der Waals surface area (Å²) in [7, 11) is 0. The van der Waals surface area contributed by atoms with Crippen molar-refractivity contribution in [1.29, 1.82) is 0 Å². The molecule has 1 aliphatic heterocycles. The third kappa shape index (κ3) is 2.69. The van der Waals surface area contributed by atoms with Crippen LogP contribution in [0, 0.1) is 5.92 Å². The SMILES string of the molecule is O=C1CCC(CCc2ccccc2)C(=O)O1. The largest absolute Gasteiger partial charge is 0.393 e. The Labute approximate surface area is 94.4 Å². The minimum absolute atomic E-state index is 0.113. The molecule has 0 amide bonds. The van der Waals surface area contributed by atoms with Crippen LogP contribution in [0.5, 0.6) is 0 Å². The Morgan fingerprint density at radius 3 is 2.62 bits per heavy atom. The lowest BCUT2D eigenvalue weighted by Gasteiger charge is -2.19. The first-order chi connectivity index (χ1) is 7.75. The van der Waals surface area contributed by atoms with Crippen molar-refractivity contribution >= 4 is 11.9 Å². The van der Waals surface area contributed by atoms with E-state index >= 15 is 0 Å².